The maximum absolute atomic E-state index is 11.8. The number of carbonyl (C=O) groups is 1. The Hall–Kier alpha value is -1.60. The summed E-state index contributed by atoms with van der Waals surface area (Å²) >= 11 is 5.07. The molecule has 7 heteroatoms. The molecule has 3 aromatic heterocycles. The molecule has 0 atom stereocenters. The zero-order chi connectivity index (χ0) is 14.3. The van der Waals surface area contributed by atoms with Gasteiger partial charge in [0.25, 0.3) is 0 Å². The van der Waals surface area contributed by atoms with Crippen molar-refractivity contribution >= 4 is 39.0 Å². The average molecular weight is 354 g/mol. The molecule has 0 bridgehead atoms. The molecule has 0 aliphatic carbocycles. The van der Waals surface area contributed by atoms with E-state index in [4.69, 9.17) is 4.74 Å². The third-order valence-corrected chi connectivity index (χ3v) is 4.59. The van der Waals surface area contributed by atoms with Crippen LogP contribution in [-0.2, 0) is 11.8 Å². The van der Waals surface area contributed by atoms with E-state index in [2.05, 4.69) is 20.9 Å². The molecule has 104 valence electrons. The predicted molar refractivity (Wildman–Crippen MR) is 81.1 cm³/mol. The summed E-state index contributed by atoms with van der Waals surface area (Å²) in [5, 5.41) is 0. The van der Waals surface area contributed by atoms with Crippen molar-refractivity contribution in [3.63, 3.8) is 0 Å². The Bertz CT molecular complexity index is 787. The van der Waals surface area contributed by atoms with Gasteiger partial charge in [0.05, 0.1) is 15.3 Å². The van der Waals surface area contributed by atoms with Crippen molar-refractivity contribution in [2.75, 3.05) is 6.61 Å². The van der Waals surface area contributed by atoms with Gasteiger partial charge in [0.15, 0.2) is 0 Å². The molecular formula is C13H12BrN3O2S. The van der Waals surface area contributed by atoms with Crippen molar-refractivity contribution in [2.45, 2.75) is 6.92 Å². The van der Waals surface area contributed by atoms with Gasteiger partial charge in [-0.15, -0.1) is 11.3 Å². The van der Waals surface area contributed by atoms with E-state index in [0.29, 0.717) is 18.1 Å². The summed E-state index contributed by atoms with van der Waals surface area (Å²) in [6.07, 6.45) is 3.66. The fourth-order valence-electron chi connectivity index (χ4n) is 2.02. The first kappa shape index (κ1) is 13.4. The highest BCUT2D eigenvalue weighted by atomic mass is 79.9. The SMILES string of the molecule is CCOC(=O)c1cn2cc(-c3ccc(Br)s3)nc2n1C. The Balaban J connectivity index is 2.04. The smallest absolute Gasteiger partial charge is 0.356 e. The lowest BCUT2D eigenvalue weighted by molar-refractivity contribution is 0.0515. The van der Waals surface area contributed by atoms with Crippen molar-refractivity contribution in [3.8, 4) is 10.6 Å². The van der Waals surface area contributed by atoms with E-state index in [-0.39, 0.29) is 5.97 Å². The van der Waals surface area contributed by atoms with Crippen molar-refractivity contribution in [3.05, 3.63) is 34.0 Å². The number of fused-ring (bicyclic) bond motifs is 1. The van der Waals surface area contributed by atoms with Crippen LogP contribution in [0.15, 0.2) is 28.3 Å². The number of nitrogens with zero attached hydrogens (tertiary/aromatic N) is 3. The molecule has 3 aromatic rings. The van der Waals surface area contributed by atoms with Crippen molar-refractivity contribution < 1.29 is 9.53 Å². The number of ether oxygens (including phenoxy) is 1. The van der Waals surface area contributed by atoms with E-state index in [1.807, 2.05) is 29.8 Å². The highest BCUT2D eigenvalue weighted by Crippen LogP contribution is 2.31. The van der Waals surface area contributed by atoms with Crippen LogP contribution in [0.2, 0.25) is 0 Å². The summed E-state index contributed by atoms with van der Waals surface area (Å²) in [5.74, 6) is 0.383. The summed E-state index contributed by atoms with van der Waals surface area (Å²) < 4.78 is 9.67. The molecule has 20 heavy (non-hydrogen) atoms. The molecule has 0 N–H and O–H groups in total. The standard InChI is InChI=1S/C13H12BrN3O2S/c1-3-19-12(18)9-7-17-6-8(15-13(17)16(9)2)10-4-5-11(14)20-10/h4-7H,3H2,1-2H3. The maximum atomic E-state index is 11.8. The molecule has 3 rings (SSSR count). The van der Waals surface area contributed by atoms with Crippen molar-refractivity contribution in [1.82, 2.24) is 14.0 Å². The van der Waals surface area contributed by atoms with Crippen molar-refractivity contribution in [2.24, 2.45) is 7.05 Å². The molecule has 0 fully saturated rings. The van der Waals surface area contributed by atoms with Gasteiger partial charge in [0, 0.05) is 19.4 Å². The van der Waals surface area contributed by atoms with Crippen LogP contribution in [0.4, 0.5) is 0 Å². The van der Waals surface area contributed by atoms with E-state index in [1.54, 1.807) is 29.0 Å². The number of imidazole rings is 2. The van der Waals surface area contributed by atoms with Crippen LogP contribution in [-0.4, -0.2) is 26.5 Å². The lowest BCUT2D eigenvalue weighted by Crippen LogP contribution is -2.09. The minimum absolute atomic E-state index is 0.332. The third-order valence-electron chi connectivity index (χ3n) is 2.95. The Labute approximate surface area is 127 Å². The Morgan fingerprint density at radius 1 is 1.45 bits per heavy atom. The second-order valence-corrected chi connectivity index (χ2v) is 6.69. The van der Waals surface area contributed by atoms with Crippen LogP contribution in [0, 0.1) is 0 Å². The van der Waals surface area contributed by atoms with Gasteiger partial charge in [-0.05, 0) is 35.0 Å². The van der Waals surface area contributed by atoms with E-state index >= 15 is 0 Å². The van der Waals surface area contributed by atoms with Gasteiger partial charge in [-0.1, -0.05) is 0 Å². The molecular weight excluding hydrogens is 342 g/mol. The van der Waals surface area contributed by atoms with Crippen LogP contribution >= 0.6 is 27.3 Å². The number of aromatic nitrogens is 3. The van der Waals surface area contributed by atoms with Crippen LogP contribution in [0.25, 0.3) is 16.3 Å². The van der Waals surface area contributed by atoms with Gasteiger partial charge in [-0.3, -0.25) is 4.40 Å². The monoisotopic (exact) mass is 353 g/mol. The van der Waals surface area contributed by atoms with Gasteiger partial charge in [0.1, 0.15) is 11.4 Å². The first-order valence-corrected chi connectivity index (χ1v) is 7.68. The lowest BCUT2D eigenvalue weighted by Gasteiger charge is -2.01. The summed E-state index contributed by atoms with van der Waals surface area (Å²) in [5.41, 5.74) is 1.38. The molecule has 5 nitrogen and oxygen atoms in total. The minimum Gasteiger partial charge on any atom is -0.461 e. The number of carbonyl (C=O) groups excluding carboxylic acids is 1. The fourth-order valence-corrected chi connectivity index (χ4v) is 3.36. The van der Waals surface area contributed by atoms with Crippen LogP contribution in [0.3, 0.4) is 0 Å². The molecule has 0 aromatic carbocycles. The van der Waals surface area contributed by atoms with E-state index in [1.165, 1.54) is 0 Å². The summed E-state index contributed by atoms with van der Waals surface area (Å²) in [7, 11) is 1.81. The number of thiophene rings is 1. The van der Waals surface area contributed by atoms with Gasteiger partial charge < -0.3 is 9.30 Å². The number of halogens is 1. The summed E-state index contributed by atoms with van der Waals surface area (Å²) in [6, 6.07) is 4.01. The zero-order valence-corrected chi connectivity index (χ0v) is 13.4. The average Bonchev–Trinajstić information content (AvgIpc) is 3.06. The van der Waals surface area contributed by atoms with Gasteiger partial charge >= 0.3 is 5.97 Å². The van der Waals surface area contributed by atoms with Crippen LogP contribution < -0.4 is 0 Å². The van der Waals surface area contributed by atoms with Crippen LogP contribution in [0.5, 0.6) is 0 Å². The molecule has 0 saturated carbocycles. The first-order valence-electron chi connectivity index (χ1n) is 6.07. The maximum Gasteiger partial charge on any atom is 0.356 e. The fraction of sp³-hybridized carbons (Fsp3) is 0.231. The number of esters is 1. The first-order chi connectivity index (χ1) is 9.60. The van der Waals surface area contributed by atoms with Gasteiger partial charge in [0.2, 0.25) is 5.78 Å². The molecule has 0 radical (unpaired) electrons. The van der Waals surface area contributed by atoms with E-state index in [0.717, 1.165) is 14.4 Å². The normalized spacial score (nSPS) is 11.2. The predicted octanol–water partition coefficient (Wildman–Crippen LogP) is 3.34. The topological polar surface area (TPSA) is 48.5 Å². The lowest BCUT2D eigenvalue weighted by atomic mass is 10.4. The number of aryl methyl sites for hydroxylation is 1. The molecule has 0 saturated heterocycles. The quantitative estimate of drug-likeness (QED) is 0.678. The Kier molecular flexibility index (Phi) is 3.39. The molecule has 0 spiro atoms. The third kappa shape index (κ3) is 2.16. The Morgan fingerprint density at radius 2 is 2.25 bits per heavy atom. The highest BCUT2D eigenvalue weighted by Gasteiger charge is 2.17. The number of hydrogen-bond donors (Lipinski definition) is 0. The second-order valence-electron chi connectivity index (χ2n) is 4.23. The molecule has 0 aliphatic rings. The number of rotatable bonds is 3. The molecule has 0 amide bonds. The highest BCUT2D eigenvalue weighted by molar-refractivity contribution is 9.11. The molecule has 3 heterocycles. The molecule has 0 aliphatic heterocycles. The Morgan fingerprint density at radius 3 is 2.85 bits per heavy atom. The van der Waals surface area contributed by atoms with E-state index in [9.17, 15) is 4.79 Å². The summed E-state index contributed by atoms with van der Waals surface area (Å²) in [4.78, 5) is 17.5. The largest absolute Gasteiger partial charge is 0.461 e. The minimum atomic E-state index is -0.332. The van der Waals surface area contributed by atoms with E-state index < -0.39 is 0 Å². The van der Waals surface area contributed by atoms with Crippen molar-refractivity contribution in [1.29, 1.82) is 0 Å². The summed E-state index contributed by atoms with van der Waals surface area (Å²) in [6.45, 7) is 2.15. The number of hydrogen-bond acceptors (Lipinski definition) is 4. The van der Waals surface area contributed by atoms with Gasteiger partial charge in [-0.2, -0.15) is 0 Å². The molecule has 0 unspecified atom stereocenters. The van der Waals surface area contributed by atoms with Gasteiger partial charge in [-0.25, -0.2) is 9.78 Å². The second kappa shape index (κ2) is 5.06. The zero-order valence-electron chi connectivity index (χ0n) is 11.0. The van der Waals surface area contributed by atoms with Crippen LogP contribution in [0.1, 0.15) is 17.4 Å².